The molecule has 8 nitrogen and oxygen atoms in total. The Morgan fingerprint density at radius 1 is 1.32 bits per heavy atom. The number of carbonyl (C=O) groups excluding carboxylic acids is 1. The molecule has 1 saturated carbocycles. The fourth-order valence-corrected chi connectivity index (χ4v) is 4.12. The maximum Gasteiger partial charge on any atom is 0.407 e. The van der Waals surface area contributed by atoms with Crippen molar-refractivity contribution in [2.24, 2.45) is 0 Å². The van der Waals surface area contributed by atoms with Crippen LogP contribution in [0.15, 0.2) is 16.9 Å². The summed E-state index contributed by atoms with van der Waals surface area (Å²) in [5.74, 6) is -0.997. The predicted molar refractivity (Wildman–Crippen MR) is 113 cm³/mol. The fourth-order valence-electron chi connectivity index (χ4n) is 4.12. The van der Waals surface area contributed by atoms with E-state index in [9.17, 15) is 20.0 Å². The van der Waals surface area contributed by atoms with Crippen LogP contribution in [0.3, 0.4) is 0 Å². The summed E-state index contributed by atoms with van der Waals surface area (Å²) >= 11 is 0. The number of hydrogen-bond donors (Lipinski definition) is 2. The van der Waals surface area contributed by atoms with Gasteiger partial charge in [0.15, 0.2) is 0 Å². The van der Waals surface area contributed by atoms with Crippen LogP contribution in [0.5, 0.6) is 5.75 Å². The smallest absolute Gasteiger partial charge is 0.407 e. The van der Waals surface area contributed by atoms with E-state index >= 15 is 4.39 Å². The first-order valence-electron chi connectivity index (χ1n) is 10.3. The summed E-state index contributed by atoms with van der Waals surface area (Å²) in [5, 5.41) is 23.1. The molecule has 1 aromatic heterocycles. The topological polar surface area (TPSA) is 108 Å². The van der Waals surface area contributed by atoms with Crippen molar-refractivity contribution in [3.8, 4) is 11.8 Å². The summed E-state index contributed by atoms with van der Waals surface area (Å²) in [5.41, 5.74) is -0.673. The van der Waals surface area contributed by atoms with Gasteiger partial charge in [-0.05, 0) is 46.1 Å². The molecule has 1 saturated heterocycles. The average molecular weight is 428 g/mol. The molecule has 4 rings (SSSR count). The lowest BCUT2D eigenvalue weighted by Gasteiger charge is -2.24. The standard InChI is InChI=1S/C22H25FN4O4/c1-22(2,3)31-21(30)25-12-6-7-26(11-12)20-15(10-24)19-14(8-16(20)23)17(28)9-18(29)27(19)13-4-5-13/h8-9,12-13,28H,4-7,11H2,1-3H3,(H,25,30)/t12-/m0/s1. The number of aromatic nitrogens is 1. The van der Waals surface area contributed by atoms with Crippen molar-refractivity contribution in [3.05, 3.63) is 33.9 Å². The van der Waals surface area contributed by atoms with Crippen LogP contribution < -0.4 is 15.8 Å². The van der Waals surface area contributed by atoms with Gasteiger partial charge in [0.1, 0.15) is 28.8 Å². The van der Waals surface area contributed by atoms with Crippen molar-refractivity contribution in [3.63, 3.8) is 0 Å². The van der Waals surface area contributed by atoms with Crippen LogP contribution in [0.2, 0.25) is 0 Å². The highest BCUT2D eigenvalue weighted by Gasteiger charge is 2.33. The Morgan fingerprint density at radius 3 is 2.65 bits per heavy atom. The minimum atomic E-state index is -0.654. The number of nitrogens with zero attached hydrogens (tertiary/aromatic N) is 3. The Bertz CT molecular complexity index is 1160. The molecule has 0 unspecified atom stereocenters. The van der Waals surface area contributed by atoms with Crippen LogP contribution in [0.25, 0.3) is 10.9 Å². The third-order valence-electron chi connectivity index (χ3n) is 5.49. The first-order chi connectivity index (χ1) is 14.6. The molecule has 0 spiro atoms. The Kier molecular flexibility index (Phi) is 5.04. The minimum absolute atomic E-state index is 0.0211. The first kappa shape index (κ1) is 21.0. The molecule has 0 radical (unpaired) electrons. The lowest BCUT2D eigenvalue weighted by Crippen LogP contribution is -2.40. The number of anilines is 1. The summed E-state index contributed by atoms with van der Waals surface area (Å²) < 4.78 is 21.9. The zero-order valence-electron chi connectivity index (χ0n) is 17.7. The molecule has 2 aliphatic rings. The van der Waals surface area contributed by atoms with Gasteiger partial charge in [-0.2, -0.15) is 5.26 Å². The number of rotatable bonds is 3. The number of nitriles is 1. The molecule has 164 valence electrons. The molecule has 1 aliphatic carbocycles. The number of alkyl carbamates (subject to hydrolysis) is 1. The van der Waals surface area contributed by atoms with E-state index in [1.165, 1.54) is 10.6 Å². The van der Waals surface area contributed by atoms with Crippen molar-refractivity contribution < 1.29 is 19.0 Å². The fraction of sp³-hybridized carbons (Fsp3) is 0.500. The Hall–Kier alpha value is -3.28. The molecule has 0 bridgehead atoms. The number of benzene rings is 1. The number of carbonyl (C=O) groups is 1. The van der Waals surface area contributed by atoms with Crippen LogP contribution in [0.1, 0.15) is 51.6 Å². The molecule has 1 aromatic carbocycles. The largest absolute Gasteiger partial charge is 0.507 e. The highest BCUT2D eigenvalue weighted by Crippen LogP contribution is 2.41. The lowest BCUT2D eigenvalue weighted by molar-refractivity contribution is 0.0509. The molecule has 1 aliphatic heterocycles. The van der Waals surface area contributed by atoms with Crippen LogP contribution >= 0.6 is 0 Å². The molecule has 2 heterocycles. The van der Waals surface area contributed by atoms with Gasteiger partial charge in [0.25, 0.3) is 5.56 Å². The SMILES string of the molecule is CC(C)(C)OC(=O)N[C@H]1CCN(c2c(F)cc3c(O)cc(=O)n(C4CC4)c3c2C#N)C1. The monoisotopic (exact) mass is 428 g/mol. The summed E-state index contributed by atoms with van der Waals surface area (Å²) in [7, 11) is 0. The van der Waals surface area contributed by atoms with Crippen molar-refractivity contribution in [2.45, 2.75) is 57.7 Å². The van der Waals surface area contributed by atoms with Gasteiger partial charge < -0.3 is 24.6 Å². The van der Waals surface area contributed by atoms with E-state index in [1.807, 2.05) is 0 Å². The van der Waals surface area contributed by atoms with Gasteiger partial charge >= 0.3 is 6.09 Å². The lowest BCUT2D eigenvalue weighted by atomic mass is 10.0. The van der Waals surface area contributed by atoms with E-state index in [1.54, 1.807) is 25.7 Å². The normalized spacial score (nSPS) is 18.8. The van der Waals surface area contributed by atoms with E-state index in [0.29, 0.717) is 19.5 Å². The minimum Gasteiger partial charge on any atom is -0.507 e. The van der Waals surface area contributed by atoms with Crippen molar-refractivity contribution in [2.75, 3.05) is 18.0 Å². The van der Waals surface area contributed by atoms with E-state index in [4.69, 9.17) is 4.74 Å². The Labute approximate surface area is 178 Å². The second kappa shape index (κ2) is 7.45. The van der Waals surface area contributed by atoms with E-state index < -0.39 is 23.1 Å². The second-order valence-electron chi connectivity index (χ2n) is 9.14. The third-order valence-corrected chi connectivity index (χ3v) is 5.49. The quantitative estimate of drug-likeness (QED) is 0.778. The second-order valence-corrected chi connectivity index (χ2v) is 9.14. The van der Waals surface area contributed by atoms with E-state index in [-0.39, 0.29) is 40.0 Å². The predicted octanol–water partition coefficient (Wildman–Crippen LogP) is 3.16. The molecule has 1 amide bonds. The number of nitrogens with one attached hydrogen (secondary N) is 1. The van der Waals surface area contributed by atoms with Crippen LogP contribution in [-0.2, 0) is 4.74 Å². The summed E-state index contributed by atoms with van der Waals surface area (Å²) in [6, 6.07) is 3.97. The first-order valence-corrected chi connectivity index (χ1v) is 10.3. The summed E-state index contributed by atoms with van der Waals surface area (Å²) in [6.07, 6.45) is 1.59. The number of aromatic hydroxyl groups is 1. The van der Waals surface area contributed by atoms with E-state index in [2.05, 4.69) is 11.4 Å². The van der Waals surface area contributed by atoms with Crippen LogP contribution in [-0.4, -0.2) is 40.5 Å². The molecule has 2 aromatic rings. The number of amides is 1. The highest BCUT2D eigenvalue weighted by atomic mass is 19.1. The Balaban J connectivity index is 1.71. The maximum absolute atomic E-state index is 15.2. The molecule has 1 atom stereocenters. The number of ether oxygens (including phenoxy) is 1. The van der Waals surface area contributed by atoms with Gasteiger partial charge in [-0.3, -0.25) is 4.79 Å². The van der Waals surface area contributed by atoms with Crippen LogP contribution in [0, 0.1) is 17.1 Å². The molecular formula is C22H25FN4O4. The molecule has 9 heteroatoms. The molecule has 2 N–H and O–H groups in total. The average Bonchev–Trinajstić information content (AvgIpc) is 3.38. The van der Waals surface area contributed by atoms with Crippen molar-refractivity contribution in [1.29, 1.82) is 5.26 Å². The Morgan fingerprint density at radius 2 is 2.03 bits per heavy atom. The summed E-state index contributed by atoms with van der Waals surface area (Å²) in [6.45, 7) is 6.02. The van der Waals surface area contributed by atoms with E-state index in [0.717, 1.165) is 18.9 Å². The van der Waals surface area contributed by atoms with Gasteiger partial charge in [0.2, 0.25) is 0 Å². The third kappa shape index (κ3) is 4.02. The van der Waals surface area contributed by atoms with Crippen molar-refractivity contribution >= 4 is 22.7 Å². The van der Waals surface area contributed by atoms with Crippen LogP contribution in [0.4, 0.5) is 14.9 Å². The molecular weight excluding hydrogens is 403 g/mol. The van der Waals surface area contributed by atoms with Gasteiger partial charge in [-0.1, -0.05) is 0 Å². The summed E-state index contributed by atoms with van der Waals surface area (Å²) in [4.78, 5) is 26.3. The van der Waals surface area contributed by atoms with Gasteiger partial charge in [0.05, 0.1) is 17.2 Å². The number of pyridine rings is 1. The van der Waals surface area contributed by atoms with Gasteiger partial charge in [0, 0.05) is 30.6 Å². The molecule has 2 fully saturated rings. The zero-order chi connectivity index (χ0) is 22.5. The van der Waals surface area contributed by atoms with Gasteiger partial charge in [-0.25, -0.2) is 9.18 Å². The number of hydrogen-bond acceptors (Lipinski definition) is 6. The maximum atomic E-state index is 15.2. The zero-order valence-corrected chi connectivity index (χ0v) is 17.7. The molecule has 31 heavy (non-hydrogen) atoms. The number of halogens is 1. The highest BCUT2D eigenvalue weighted by molar-refractivity contribution is 5.94. The van der Waals surface area contributed by atoms with Crippen molar-refractivity contribution in [1.82, 2.24) is 9.88 Å². The van der Waals surface area contributed by atoms with Gasteiger partial charge in [-0.15, -0.1) is 0 Å². The number of fused-ring (bicyclic) bond motifs is 1.